The van der Waals surface area contributed by atoms with Crippen molar-refractivity contribution in [2.24, 2.45) is 0 Å². The smallest absolute Gasteiger partial charge is 0.311 e. The highest BCUT2D eigenvalue weighted by molar-refractivity contribution is 5.89. The van der Waals surface area contributed by atoms with Crippen molar-refractivity contribution in [1.82, 2.24) is 20.0 Å². The first kappa shape index (κ1) is 13.3. The Bertz CT molecular complexity index is 511. The van der Waals surface area contributed by atoms with Gasteiger partial charge in [-0.05, 0) is 26.3 Å². The number of amides is 1. The largest absolute Gasteiger partial charge is 0.417 e. The van der Waals surface area contributed by atoms with Gasteiger partial charge >= 0.3 is 11.8 Å². The van der Waals surface area contributed by atoms with E-state index in [0.29, 0.717) is 18.4 Å². The molecule has 2 saturated heterocycles. The maximum atomic E-state index is 12.4. The Hall–Kier alpha value is -1.69. The lowest BCUT2D eigenvalue weighted by Crippen LogP contribution is -2.52. The third-order valence-electron chi connectivity index (χ3n) is 4.05. The van der Waals surface area contributed by atoms with E-state index >= 15 is 0 Å². The molecular weight excluding hydrogens is 256 g/mol. The Morgan fingerprint density at radius 3 is 3.15 bits per heavy atom. The molecule has 0 aliphatic carbocycles. The van der Waals surface area contributed by atoms with Gasteiger partial charge in [-0.2, -0.15) is 0 Å². The number of hydrogen-bond donors (Lipinski definition) is 0. The van der Waals surface area contributed by atoms with Gasteiger partial charge in [0, 0.05) is 32.1 Å². The number of rotatable bonds is 3. The van der Waals surface area contributed by atoms with Gasteiger partial charge in [-0.1, -0.05) is 12.2 Å². The molecule has 1 amide bonds. The van der Waals surface area contributed by atoms with Crippen molar-refractivity contribution < 1.29 is 9.21 Å². The fourth-order valence-electron chi connectivity index (χ4n) is 2.95. The molecule has 1 aromatic heterocycles. The molecule has 0 unspecified atom stereocenters. The normalized spacial score (nSPS) is 23.4. The van der Waals surface area contributed by atoms with Gasteiger partial charge in [0.15, 0.2) is 0 Å². The Balaban J connectivity index is 1.64. The van der Waals surface area contributed by atoms with E-state index in [0.717, 1.165) is 19.6 Å². The highest BCUT2D eigenvalue weighted by Crippen LogP contribution is 2.22. The Kier molecular flexibility index (Phi) is 3.82. The molecule has 20 heavy (non-hydrogen) atoms. The third-order valence-corrected chi connectivity index (χ3v) is 4.05. The Morgan fingerprint density at radius 2 is 2.30 bits per heavy atom. The van der Waals surface area contributed by atoms with Crippen LogP contribution in [0.1, 0.15) is 36.3 Å². The van der Waals surface area contributed by atoms with Gasteiger partial charge in [-0.25, -0.2) is 0 Å². The number of allylic oxidation sites excluding steroid dienone is 2. The van der Waals surface area contributed by atoms with E-state index in [-0.39, 0.29) is 11.8 Å². The van der Waals surface area contributed by atoms with E-state index in [2.05, 4.69) is 15.1 Å². The zero-order chi connectivity index (χ0) is 13.9. The molecule has 0 N–H and O–H groups in total. The van der Waals surface area contributed by atoms with Crippen LogP contribution in [0.25, 0.3) is 0 Å². The lowest BCUT2D eigenvalue weighted by molar-refractivity contribution is 0.0532. The van der Waals surface area contributed by atoms with E-state index in [1.54, 1.807) is 0 Å². The Morgan fingerprint density at radius 1 is 1.40 bits per heavy atom. The van der Waals surface area contributed by atoms with E-state index in [1.807, 2.05) is 24.0 Å². The van der Waals surface area contributed by atoms with E-state index in [4.69, 9.17) is 4.42 Å². The van der Waals surface area contributed by atoms with Crippen molar-refractivity contribution in [3.8, 4) is 0 Å². The van der Waals surface area contributed by atoms with Gasteiger partial charge in [-0.15, -0.1) is 10.2 Å². The number of hydrogen-bond acceptors (Lipinski definition) is 5. The molecular formula is C14H20N4O2. The quantitative estimate of drug-likeness (QED) is 0.774. The van der Waals surface area contributed by atoms with Crippen LogP contribution in [0.15, 0.2) is 16.6 Å². The second-order valence-electron chi connectivity index (χ2n) is 5.36. The van der Waals surface area contributed by atoms with E-state index in [1.165, 1.54) is 19.4 Å². The lowest BCUT2D eigenvalue weighted by atomic mass is 10.1. The number of piperazine rings is 1. The minimum Gasteiger partial charge on any atom is -0.417 e. The SMILES string of the molecule is C/C=C/Cc1nnc(C(=O)N2CCN3CCC[C@@H]3C2)o1. The number of carbonyl (C=O) groups is 1. The van der Waals surface area contributed by atoms with Gasteiger partial charge in [0.05, 0.1) is 0 Å². The number of aromatic nitrogens is 2. The molecule has 1 atom stereocenters. The van der Waals surface area contributed by atoms with Crippen molar-refractivity contribution in [1.29, 1.82) is 0 Å². The van der Waals surface area contributed by atoms with Crippen molar-refractivity contribution in [2.45, 2.75) is 32.2 Å². The average Bonchev–Trinajstić information content (AvgIpc) is 3.12. The van der Waals surface area contributed by atoms with E-state index in [9.17, 15) is 4.79 Å². The first-order valence-electron chi connectivity index (χ1n) is 7.25. The summed E-state index contributed by atoms with van der Waals surface area (Å²) in [4.78, 5) is 16.7. The first-order valence-corrected chi connectivity index (χ1v) is 7.25. The molecule has 1 aromatic rings. The summed E-state index contributed by atoms with van der Waals surface area (Å²) in [6.45, 7) is 5.59. The van der Waals surface area contributed by atoms with Gasteiger partial charge in [-0.3, -0.25) is 9.69 Å². The fourth-order valence-corrected chi connectivity index (χ4v) is 2.95. The van der Waals surface area contributed by atoms with Crippen LogP contribution in [0, 0.1) is 0 Å². The molecule has 6 heteroatoms. The lowest BCUT2D eigenvalue weighted by Gasteiger charge is -2.36. The molecule has 108 valence electrons. The molecule has 0 bridgehead atoms. The predicted octanol–water partition coefficient (Wildman–Crippen LogP) is 1.11. The number of carbonyl (C=O) groups excluding carboxylic acids is 1. The summed E-state index contributed by atoms with van der Waals surface area (Å²) >= 11 is 0. The molecule has 2 aliphatic heterocycles. The van der Waals surface area contributed by atoms with E-state index < -0.39 is 0 Å². The molecule has 0 saturated carbocycles. The van der Waals surface area contributed by atoms with Crippen LogP contribution in [-0.4, -0.2) is 58.1 Å². The number of fused-ring (bicyclic) bond motifs is 1. The minimum atomic E-state index is -0.129. The summed E-state index contributed by atoms with van der Waals surface area (Å²) in [7, 11) is 0. The molecule has 2 aliphatic rings. The molecule has 0 radical (unpaired) electrons. The molecule has 0 spiro atoms. The Labute approximate surface area is 118 Å². The summed E-state index contributed by atoms with van der Waals surface area (Å²) < 4.78 is 5.43. The minimum absolute atomic E-state index is 0.121. The van der Waals surface area contributed by atoms with Gasteiger partial charge in [0.2, 0.25) is 5.89 Å². The van der Waals surface area contributed by atoms with Crippen LogP contribution in [0.3, 0.4) is 0 Å². The summed E-state index contributed by atoms with van der Waals surface area (Å²) in [6.07, 6.45) is 6.85. The van der Waals surface area contributed by atoms with Crippen LogP contribution in [0.5, 0.6) is 0 Å². The maximum absolute atomic E-state index is 12.4. The van der Waals surface area contributed by atoms with Crippen LogP contribution in [-0.2, 0) is 6.42 Å². The molecule has 6 nitrogen and oxygen atoms in total. The topological polar surface area (TPSA) is 62.5 Å². The summed E-state index contributed by atoms with van der Waals surface area (Å²) in [5.74, 6) is 0.484. The summed E-state index contributed by atoms with van der Waals surface area (Å²) in [5.41, 5.74) is 0. The van der Waals surface area contributed by atoms with Crippen LogP contribution in [0.2, 0.25) is 0 Å². The summed E-state index contributed by atoms with van der Waals surface area (Å²) in [6, 6.07) is 0.512. The summed E-state index contributed by atoms with van der Waals surface area (Å²) in [5, 5.41) is 7.78. The maximum Gasteiger partial charge on any atom is 0.311 e. The first-order chi connectivity index (χ1) is 9.78. The van der Waals surface area contributed by atoms with Gasteiger partial charge in [0.1, 0.15) is 0 Å². The molecule has 2 fully saturated rings. The molecule has 0 aromatic carbocycles. The van der Waals surface area contributed by atoms with Crippen LogP contribution >= 0.6 is 0 Å². The standard InChI is InChI=1S/C14H20N4O2/c1-2-3-6-12-15-16-13(20-12)14(19)18-9-8-17-7-4-5-11(17)10-18/h2-3,11H,4-10H2,1H3/b3-2+/t11-/m1/s1. The second kappa shape index (κ2) is 5.75. The highest BCUT2D eigenvalue weighted by Gasteiger charge is 2.34. The highest BCUT2D eigenvalue weighted by atomic mass is 16.4. The molecule has 3 rings (SSSR count). The molecule has 3 heterocycles. The van der Waals surface area contributed by atoms with Crippen molar-refractivity contribution in [2.75, 3.05) is 26.2 Å². The average molecular weight is 276 g/mol. The van der Waals surface area contributed by atoms with Crippen LogP contribution in [0.4, 0.5) is 0 Å². The number of nitrogens with zero attached hydrogens (tertiary/aromatic N) is 4. The van der Waals surface area contributed by atoms with Gasteiger partial charge < -0.3 is 9.32 Å². The predicted molar refractivity (Wildman–Crippen MR) is 73.3 cm³/mol. The van der Waals surface area contributed by atoms with Gasteiger partial charge in [0.25, 0.3) is 0 Å². The monoisotopic (exact) mass is 276 g/mol. The third kappa shape index (κ3) is 2.60. The van der Waals surface area contributed by atoms with Crippen LogP contribution < -0.4 is 0 Å². The fraction of sp³-hybridized carbons (Fsp3) is 0.643. The van der Waals surface area contributed by atoms with Crippen molar-refractivity contribution in [3.05, 3.63) is 23.9 Å². The van der Waals surface area contributed by atoms with Crippen molar-refractivity contribution in [3.63, 3.8) is 0 Å². The zero-order valence-corrected chi connectivity index (χ0v) is 11.8. The zero-order valence-electron chi connectivity index (χ0n) is 11.8. The van der Waals surface area contributed by atoms with Crippen molar-refractivity contribution >= 4 is 5.91 Å². The second-order valence-corrected chi connectivity index (χ2v) is 5.36.